The highest BCUT2D eigenvalue weighted by Gasteiger charge is 2.41. The lowest BCUT2D eigenvalue weighted by atomic mass is 9.82. The van der Waals surface area contributed by atoms with Crippen molar-refractivity contribution in [1.82, 2.24) is 10.2 Å². The number of amides is 3. The summed E-state index contributed by atoms with van der Waals surface area (Å²) in [4.78, 5) is 27.3. The summed E-state index contributed by atoms with van der Waals surface area (Å²) >= 11 is 0. The van der Waals surface area contributed by atoms with Crippen molar-refractivity contribution in [3.05, 3.63) is 66.0 Å². The van der Waals surface area contributed by atoms with Crippen LogP contribution >= 0.6 is 0 Å². The largest absolute Gasteiger partial charge is 0.349 e. The molecule has 0 aliphatic carbocycles. The number of hydrogen-bond donors (Lipinski definition) is 2. The molecule has 2 fully saturated rings. The molecular formula is C22H24FN3O2. The van der Waals surface area contributed by atoms with E-state index in [0.717, 1.165) is 37.8 Å². The molecular weight excluding hydrogens is 357 g/mol. The SMILES string of the molecule is O=C(NC1CC2CCCC(C1)N2C(=O)Nc1ccccc1)c1ccc(F)cc1. The van der Waals surface area contributed by atoms with Crippen LogP contribution in [0.25, 0.3) is 0 Å². The number of urea groups is 1. The van der Waals surface area contributed by atoms with Gasteiger partial charge in [-0.1, -0.05) is 18.2 Å². The normalized spacial score (nSPS) is 23.8. The smallest absolute Gasteiger partial charge is 0.322 e. The number of para-hydroxylation sites is 1. The number of piperidine rings is 2. The van der Waals surface area contributed by atoms with Crippen LogP contribution < -0.4 is 10.6 Å². The van der Waals surface area contributed by atoms with E-state index in [1.807, 2.05) is 35.2 Å². The van der Waals surface area contributed by atoms with Gasteiger partial charge in [0.1, 0.15) is 5.82 Å². The maximum atomic E-state index is 13.1. The lowest BCUT2D eigenvalue weighted by Crippen LogP contribution is -2.59. The fourth-order valence-corrected chi connectivity index (χ4v) is 4.41. The van der Waals surface area contributed by atoms with Gasteiger partial charge in [0.2, 0.25) is 0 Å². The number of benzene rings is 2. The van der Waals surface area contributed by atoms with Crippen LogP contribution in [-0.2, 0) is 0 Å². The first-order valence-electron chi connectivity index (χ1n) is 9.81. The lowest BCUT2D eigenvalue weighted by molar-refractivity contribution is 0.0577. The monoisotopic (exact) mass is 381 g/mol. The number of rotatable bonds is 3. The Labute approximate surface area is 163 Å². The third kappa shape index (κ3) is 4.01. The van der Waals surface area contributed by atoms with Gasteiger partial charge < -0.3 is 15.5 Å². The second-order valence-corrected chi connectivity index (χ2v) is 7.59. The molecule has 146 valence electrons. The molecule has 28 heavy (non-hydrogen) atoms. The van der Waals surface area contributed by atoms with Crippen molar-refractivity contribution < 1.29 is 14.0 Å². The summed E-state index contributed by atoms with van der Waals surface area (Å²) in [6.45, 7) is 0. The van der Waals surface area contributed by atoms with E-state index in [0.29, 0.717) is 5.56 Å². The summed E-state index contributed by atoms with van der Waals surface area (Å²) in [6.07, 6.45) is 4.48. The molecule has 2 bridgehead atoms. The summed E-state index contributed by atoms with van der Waals surface area (Å²) in [6, 6.07) is 15.2. The predicted octanol–water partition coefficient (Wildman–Crippen LogP) is 4.17. The molecule has 5 nitrogen and oxygen atoms in total. The van der Waals surface area contributed by atoms with E-state index >= 15 is 0 Å². The van der Waals surface area contributed by atoms with Crippen LogP contribution in [0.1, 0.15) is 42.5 Å². The van der Waals surface area contributed by atoms with Crippen molar-refractivity contribution >= 4 is 17.6 Å². The first-order chi connectivity index (χ1) is 13.6. The lowest BCUT2D eigenvalue weighted by Gasteiger charge is -2.48. The Morgan fingerprint density at radius 2 is 1.57 bits per heavy atom. The molecule has 0 radical (unpaired) electrons. The summed E-state index contributed by atoms with van der Waals surface area (Å²) < 4.78 is 13.1. The minimum atomic E-state index is -0.358. The molecule has 0 aromatic heterocycles. The maximum Gasteiger partial charge on any atom is 0.322 e. The fourth-order valence-electron chi connectivity index (χ4n) is 4.41. The Balaban J connectivity index is 1.41. The standard InChI is InChI=1S/C22H24FN3O2/c23-16-11-9-15(10-12-16)21(27)24-18-13-19-7-4-8-20(14-18)26(19)22(28)25-17-5-2-1-3-6-17/h1-3,5-6,9-12,18-20H,4,7-8,13-14H2,(H,24,27)(H,25,28). The quantitative estimate of drug-likeness (QED) is 0.838. The van der Waals surface area contributed by atoms with E-state index < -0.39 is 0 Å². The molecule has 4 rings (SSSR count). The average Bonchev–Trinajstić information content (AvgIpc) is 2.68. The third-order valence-corrected chi connectivity index (χ3v) is 5.68. The Morgan fingerprint density at radius 3 is 2.21 bits per heavy atom. The molecule has 2 unspecified atom stereocenters. The van der Waals surface area contributed by atoms with Crippen LogP contribution in [0.3, 0.4) is 0 Å². The zero-order chi connectivity index (χ0) is 19.5. The van der Waals surface area contributed by atoms with E-state index in [1.165, 1.54) is 24.3 Å². The average molecular weight is 381 g/mol. The third-order valence-electron chi connectivity index (χ3n) is 5.68. The van der Waals surface area contributed by atoms with E-state index in [1.54, 1.807) is 0 Å². The van der Waals surface area contributed by atoms with Crippen molar-refractivity contribution in [2.45, 2.75) is 50.2 Å². The summed E-state index contributed by atoms with van der Waals surface area (Å²) in [5.74, 6) is -0.547. The predicted molar refractivity (Wildman–Crippen MR) is 106 cm³/mol. The van der Waals surface area contributed by atoms with Gasteiger partial charge in [-0.25, -0.2) is 9.18 Å². The number of nitrogens with zero attached hydrogens (tertiary/aromatic N) is 1. The fraction of sp³-hybridized carbons (Fsp3) is 0.364. The van der Waals surface area contributed by atoms with E-state index in [4.69, 9.17) is 0 Å². The van der Waals surface area contributed by atoms with Gasteiger partial charge >= 0.3 is 6.03 Å². The topological polar surface area (TPSA) is 61.4 Å². The maximum absolute atomic E-state index is 13.1. The molecule has 2 aliphatic heterocycles. The number of halogens is 1. The van der Waals surface area contributed by atoms with Crippen LogP contribution in [0.15, 0.2) is 54.6 Å². The van der Waals surface area contributed by atoms with Crippen molar-refractivity contribution in [3.63, 3.8) is 0 Å². The number of carbonyl (C=O) groups is 2. The molecule has 0 spiro atoms. The van der Waals surface area contributed by atoms with Crippen LogP contribution in [0.5, 0.6) is 0 Å². The summed E-state index contributed by atoms with van der Waals surface area (Å²) in [5, 5.41) is 6.06. The molecule has 2 heterocycles. The van der Waals surface area contributed by atoms with Crippen molar-refractivity contribution in [1.29, 1.82) is 0 Å². The molecule has 2 saturated heterocycles. The van der Waals surface area contributed by atoms with E-state index in [-0.39, 0.29) is 35.9 Å². The van der Waals surface area contributed by atoms with Gasteiger partial charge in [-0.05, 0) is 68.5 Å². The van der Waals surface area contributed by atoms with Gasteiger partial charge in [-0.15, -0.1) is 0 Å². The van der Waals surface area contributed by atoms with Crippen LogP contribution in [-0.4, -0.2) is 35.0 Å². The van der Waals surface area contributed by atoms with Gasteiger partial charge in [0.15, 0.2) is 0 Å². The van der Waals surface area contributed by atoms with E-state index in [9.17, 15) is 14.0 Å². The minimum absolute atomic E-state index is 0.0219. The van der Waals surface area contributed by atoms with Crippen molar-refractivity contribution in [3.8, 4) is 0 Å². The van der Waals surface area contributed by atoms with Crippen molar-refractivity contribution in [2.75, 3.05) is 5.32 Å². The van der Waals surface area contributed by atoms with Crippen LogP contribution in [0, 0.1) is 5.82 Å². The zero-order valence-corrected chi connectivity index (χ0v) is 15.6. The second-order valence-electron chi connectivity index (χ2n) is 7.59. The number of anilines is 1. The molecule has 2 aromatic carbocycles. The number of hydrogen-bond acceptors (Lipinski definition) is 2. The Bertz CT molecular complexity index is 827. The van der Waals surface area contributed by atoms with Crippen LogP contribution in [0.4, 0.5) is 14.9 Å². The molecule has 2 N–H and O–H groups in total. The highest BCUT2D eigenvalue weighted by atomic mass is 19.1. The van der Waals surface area contributed by atoms with Gasteiger partial charge in [0.25, 0.3) is 5.91 Å². The van der Waals surface area contributed by atoms with Crippen LogP contribution in [0.2, 0.25) is 0 Å². The Hall–Kier alpha value is -2.89. The number of fused-ring (bicyclic) bond motifs is 2. The summed E-state index contributed by atoms with van der Waals surface area (Å²) in [7, 11) is 0. The minimum Gasteiger partial charge on any atom is -0.349 e. The highest BCUT2D eigenvalue weighted by molar-refractivity contribution is 5.94. The number of nitrogens with one attached hydrogen (secondary N) is 2. The van der Waals surface area contributed by atoms with Gasteiger partial charge in [0, 0.05) is 29.4 Å². The molecule has 6 heteroatoms. The highest BCUT2D eigenvalue weighted by Crippen LogP contribution is 2.34. The molecule has 2 aliphatic rings. The Morgan fingerprint density at radius 1 is 0.929 bits per heavy atom. The van der Waals surface area contributed by atoms with Crippen molar-refractivity contribution in [2.24, 2.45) is 0 Å². The van der Waals surface area contributed by atoms with Gasteiger partial charge in [0.05, 0.1) is 0 Å². The molecule has 2 atom stereocenters. The second kappa shape index (κ2) is 8.00. The number of carbonyl (C=O) groups excluding carboxylic acids is 2. The first-order valence-corrected chi connectivity index (χ1v) is 9.81. The van der Waals surface area contributed by atoms with Gasteiger partial charge in [-0.3, -0.25) is 4.79 Å². The summed E-state index contributed by atoms with van der Waals surface area (Å²) in [5.41, 5.74) is 1.24. The molecule has 0 saturated carbocycles. The van der Waals surface area contributed by atoms with E-state index in [2.05, 4.69) is 10.6 Å². The molecule has 3 amide bonds. The van der Waals surface area contributed by atoms with Gasteiger partial charge in [-0.2, -0.15) is 0 Å². The molecule has 2 aromatic rings. The first kappa shape index (κ1) is 18.5. The Kier molecular flexibility index (Phi) is 5.28. The zero-order valence-electron chi connectivity index (χ0n) is 15.6.